The maximum absolute atomic E-state index is 13.2. The van der Waals surface area contributed by atoms with Crippen LogP contribution in [0.2, 0.25) is 0 Å². The molecule has 1 aliphatic carbocycles. The molecule has 9 heteroatoms. The molecule has 3 aromatic rings. The molecule has 0 bridgehead atoms. The molecule has 0 heterocycles. The third-order valence-electron chi connectivity index (χ3n) is 6.50. The summed E-state index contributed by atoms with van der Waals surface area (Å²) < 4.78 is 39.6. The minimum atomic E-state index is -4.94. The second kappa shape index (κ2) is 13.1. The van der Waals surface area contributed by atoms with Crippen LogP contribution in [0.3, 0.4) is 0 Å². The lowest BCUT2D eigenvalue weighted by atomic mass is 9.96. The van der Waals surface area contributed by atoms with Gasteiger partial charge in [0.15, 0.2) is 0 Å². The number of allylic oxidation sites excluding steroid dienone is 2. The number of amides is 1. The Morgan fingerprint density at radius 2 is 1.68 bits per heavy atom. The molecule has 0 radical (unpaired) electrons. The number of alkyl halides is 3. The number of nitrogens with one attached hydrogen (secondary N) is 4. The molecule has 1 atom stereocenters. The Morgan fingerprint density at radius 3 is 2.34 bits per heavy atom. The van der Waals surface area contributed by atoms with E-state index in [1.807, 2.05) is 49.4 Å². The third kappa shape index (κ3) is 8.40. The van der Waals surface area contributed by atoms with Crippen molar-refractivity contribution in [2.75, 3.05) is 17.2 Å². The summed E-state index contributed by atoms with van der Waals surface area (Å²) in [5.74, 6) is -0.238. The van der Waals surface area contributed by atoms with Crippen LogP contribution in [0.15, 0.2) is 90.6 Å². The molecule has 0 saturated heterocycles. The molecule has 3 aromatic carbocycles. The fraction of sp³-hybridized carbons (Fsp3) is 0.219. The first-order valence-corrected chi connectivity index (χ1v) is 13.2. The Labute approximate surface area is 237 Å². The molecule has 4 N–H and O–H groups in total. The van der Waals surface area contributed by atoms with Gasteiger partial charge in [0.25, 0.3) is 5.91 Å². The number of nitrogens with zero attached hydrogens (tertiary/aromatic N) is 1. The van der Waals surface area contributed by atoms with Crippen LogP contribution in [0.1, 0.15) is 48.1 Å². The van der Waals surface area contributed by atoms with E-state index in [2.05, 4.69) is 22.0 Å². The van der Waals surface area contributed by atoms with Crippen molar-refractivity contribution >= 4 is 29.1 Å². The number of nitriles is 1. The molecular formula is C32H30F3N5O. The van der Waals surface area contributed by atoms with Gasteiger partial charge >= 0.3 is 6.18 Å². The highest BCUT2D eigenvalue weighted by molar-refractivity contribution is 6.11. The van der Waals surface area contributed by atoms with E-state index >= 15 is 0 Å². The summed E-state index contributed by atoms with van der Waals surface area (Å²) in [5.41, 5.74) is 1.68. The van der Waals surface area contributed by atoms with Gasteiger partial charge in [-0.05, 0) is 91.4 Å². The van der Waals surface area contributed by atoms with E-state index < -0.39 is 23.5 Å². The Bertz CT molecular complexity index is 1520. The fourth-order valence-corrected chi connectivity index (χ4v) is 4.27. The predicted molar refractivity (Wildman–Crippen MR) is 155 cm³/mol. The standard InChI is InChI=1S/C32H30F3N5O/c1-2-6-21-7-3-9-24(15-21)30(38-20-22-13-14-22)25-10-5-12-27(17-25)40-31(41)28(18-29(37)32(33,34)35)39-26-11-4-8-23(16-26)19-36/h2-12,15-18,22,30,37-39H,13-14,20H2,1H3,(H,40,41)/b6-2+,28-18-,37-29?. The normalized spacial score (nSPS) is 14.4. The van der Waals surface area contributed by atoms with E-state index in [9.17, 15) is 18.0 Å². The number of benzene rings is 3. The Balaban J connectivity index is 1.62. The van der Waals surface area contributed by atoms with Crippen LogP contribution in [0.25, 0.3) is 6.08 Å². The molecule has 1 unspecified atom stereocenters. The first-order chi connectivity index (χ1) is 19.7. The van der Waals surface area contributed by atoms with Gasteiger partial charge in [-0.15, -0.1) is 0 Å². The molecule has 1 saturated carbocycles. The third-order valence-corrected chi connectivity index (χ3v) is 6.50. The zero-order valence-electron chi connectivity index (χ0n) is 22.4. The largest absolute Gasteiger partial charge is 0.432 e. The molecule has 210 valence electrons. The molecule has 1 amide bonds. The van der Waals surface area contributed by atoms with Crippen molar-refractivity contribution in [1.82, 2.24) is 5.32 Å². The zero-order valence-corrected chi connectivity index (χ0v) is 22.4. The van der Waals surface area contributed by atoms with Crippen LogP contribution in [-0.4, -0.2) is 24.3 Å². The topological polar surface area (TPSA) is 101 Å². The van der Waals surface area contributed by atoms with Gasteiger partial charge in [-0.25, -0.2) is 0 Å². The number of carbonyl (C=O) groups is 1. The van der Waals surface area contributed by atoms with E-state index in [4.69, 9.17) is 10.7 Å². The van der Waals surface area contributed by atoms with Crippen molar-refractivity contribution in [1.29, 1.82) is 10.7 Å². The van der Waals surface area contributed by atoms with Crippen molar-refractivity contribution in [3.63, 3.8) is 0 Å². The number of hydrogen-bond donors (Lipinski definition) is 4. The van der Waals surface area contributed by atoms with E-state index in [-0.39, 0.29) is 17.3 Å². The summed E-state index contributed by atoms with van der Waals surface area (Å²) in [6.45, 7) is 2.79. The van der Waals surface area contributed by atoms with Crippen LogP contribution in [0.4, 0.5) is 24.5 Å². The summed E-state index contributed by atoms with van der Waals surface area (Å²) in [4.78, 5) is 13.2. The van der Waals surface area contributed by atoms with E-state index in [0.717, 1.165) is 23.2 Å². The SMILES string of the molecule is C/C=C/c1cccc(C(NCC2CC2)c2cccc(NC(=O)/C(=C/C(=N)C(F)(F)F)Nc3cccc(C#N)c3)c2)c1. The lowest BCUT2D eigenvalue weighted by Crippen LogP contribution is -2.26. The minimum Gasteiger partial charge on any atom is -0.351 e. The first-order valence-electron chi connectivity index (χ1n) is 13.2. The zero-order chi connectivity index (χ0) is 29.4. The smallest absolute Gasteiger partial charge is 0.351 e. The number of carbonyl (C=O) groups excluding carboxylic acids is 1. The summed E-state index contributed by atoms with van der Waals surface area (Å²) >= 11 is 0. The van der Waals surface area contributed by atoms with Gasteiger partial charge in [0.05, 0.1) is 17.7 Å². The molecule has 1 aliphatic rings. The average molecular weight is 558 g/mol. The molecule has 1 fully saturated rings. The van der Waals surface area contributed by atoms with Crippen LogP contribution in [-0.2, 0) is 4.79 Å². The molecule has 0 aliphatic heterocycles. The number of rotatable bonds is 11. The second-order valence-electron chi connectivity index (χ2n) is 9.82. The highest BCUT2D eigenvalue weighted by Crippen LogP contribution is 2.31. The average Bonchev–Trinajstić information content (AvgIpc) is 3.78. The predicted octanol–water partition coefficient (Wildman–Crippen LogP) is 7.20. The van der Waals surface area contributed by atoms with Crippen LogP contribution in [0.5, 0.6) is 0 Å². The highest BCUT2D eigenvalue weighted by Gasteiger charge is 2.33. The maximum Gasteiger partial charge on any atom is 0.432 e. The van der Waals surface area contributed by atoms with Gasteiger partial charge in [-0.1, -0.05) is 48.6 Å². The first kappa shape index (κ1) is 29.3. The molecule has 6 nitrogen and oxygen atoms in total. The maximum atomic E-state index is 13.2. The van der Waals surface area contributed by atoms with Crippen molar-refractivity contribution < 1.29 is 18.0 Å². The second-order valence-corrected chi connectivity index (χ2v) is 9.82. The number of hydrogen-bond acceptors (Lipinski definition) is 5. The molecule has 4 rings (SSSR count). The summed E-state index contributed by atoms with van der Waals surface area (Å²) in [6, 6.07) is 23.0. The van der Waals surface area contributed by atoms with E-state index in [1.165, 1.54) is 37.1 Å². The lowest BCUT2D eigenvalue weighted by Gasteiger charge is -2.21. The minimum absolute atomic E-state index is 0.169. The monoisotopic (exact) mass is 557 g/mol. The van der Waals surface area contributed by atoms with Crippen molar-refractivity contribution in [2.24, 2.45) is 5.92 Å². The highest BCUT2D eigenvalue weighted by atomic mass is 19.4. The number of halogens is 3. The van der Waals surface area contributed by atoms with Gasteiger partial charge in [0.1, 0.15) is 11.4 Å². The molecule has 0 spiro atoms. The van der Waals surface area contributed by atoms with Gasteiger partial charge in [0.2, 0.25) is 0 Å². The van der Waals surface area contributed by atoms with Crippen molar-refractivity contribution in [2.45, 2.75) is 32.0 Å². The molecular weight excluding hydrogens is 527 g/mol. The Hall–Kier alpha value is -4.68. The Morgan fingerprint density at radius 1 is 1.02 bits per heavy atom. The van der Waals surface area contributed by atoms with Crippen LogP contribution < -0.4 is 16.0 Å². The van der Waals surface area contributed by atoms with E-state index in [0.29, 0.717) is 17.7 Å². The van der Waals surface area contributed by atoms with Crippen molar-refractivity contribution in [3.05, 3.63) is 113 Å². The number of anilines is 2. The molecule has 41 heavy (non-hydrogen) atoms. The molecule has 0 aromatic heterocycles. The van der Waals surface area contributed by atoms with E-state index in [1.54, 1.807) is 18.2 Å². The lowest BCUT2D eigenvalue weighted by molar-refractivity contribution is -0.112. The summed E-state index contributed by atoms with van der Waals surface area (Å²) in [7, 11) is 0. The van der Waals surface area contributed by atoms with Gasteiger partial charge < -0.3 is 16.0 Å². The van der Waals surface area contributed by atoms with Crippen molar-refractivity contribution in [3.8, 4) is 6.07 Å². The van der Waals surface area contributed by atoms with Gasteiger partial charge in [0, 0.05) is 11.4 Å². The summed E-state index contributed by atoms with van der Waals surface area (Å²) in [5, 5.41) is 25.5. The fourth-order valence-electron chi connectivity index (χ4n) is 4.27. The quantitative estimate of drug-likeness (QED) is 0.148. The van der Waals surface area contributed by atoms with Gasteiger partial charge in [-0.3, -0.25) is 10.2 Å². The Kier molecular flexibility index (Phi) is 9.37. The summed E-state index contributed by atoms with van der Waals surface area (Å²) in [6.07, 6.45) is 1.84. The van der Waals surface area contributed by atoms with Gasteiger partial charge in [-0.2, -0.15) is 18.4 Å². The van der Waals surface area contributed by atoms with Crippen LogP contribution >= 0.6 is 0 Å². The van der Waals surface area contributed by atoms with Crippen LogP contribution in [0, 0.1) is 22.7 Å².